The van der Waals surface area contributed by atoms with Gasteiger partial charge in [-0.2, -0.15) is 0 Å². The zero-order chi connectivity index (χ0) is 24.4. The van der Waals surface area contributed by atoms with Crippen LogP contribution in [0.15, 0.2) is 72.8 Å². The molecule has 0 amide bonds. The van der Waals surface area contributed by atoms with Crippen LogP contribution in [0.25, 0.3) is 10.8 Å². The van der Waals surface area contributed by atoms with Crippen molar-refractivity contribution in [2.45, 2.75) is 19.3 Å². The molecule has 0 bridgehead atoms. The second-order valence-electron chi connectivity index (χ2n) is 9.16. The van der Waals surface area contributed by atoms with E-state index in [1.807, 2.05) is 93.9 Å². The van der Waals surface area contributed by atoms with E-state index in [0.29, 0.717) is 24.2 Å². The summed E-state index contributed by atoms with van der Waals surface area (Å²) in [6.45, 7) is 1.27. The largest absolute Gasteiger partial charge is 0.756 e. The Morgan fingerprint density at radius 2 is 1.56 bits per heavy atom. The van der Waals surface area contributed by atoms with E-state index >= 15 is 0 Å². The third kappa shape index (κ3) is 9.28. The Kier molecular flexibility index (Phi) is 9.80. The summed E-state index contributed by atoms with van der Waals surface area (Å²) in [4.78, 5) is 12.2. The fourth-order valence-electron chi connectivity index (χ4n) is 3.29. The maximum atomic E-state index is 12.2. The van der Waals surface area contributed by atoms with E-state index in [9.17, 15) is 9.46 Å². The summed E-state index contributed by atoms with van der Waals surface area (Å²) in [5.41, 5.74) is 2.03. The highest BCUT2D eigenvalue weighted by Gasteiger charge is 2.18. The summed E-state index contributed by atoms with van der Waals surface area (Å²) in [6.07, 6.45) is -0.591. The van der Waals surface area contributed by atoms with Crippen LogP contribution in [0.2, 0.25) is 0 Å². The average Bonchev–Trinajstić information content (AvgIpc) is 2.80. The van der Waals surface area contributed by atoms with E-state index in [-0.39, 0.29) is 19.8 Å². The lowest BCUT2D eigenvalue weighted by molar-refractivity contribution is -0.870. The number of benzene rings is 3. The first kappa shape index (κ1) is 26.5. The minimum atomic E-state index is -4.45. The van der Waals surface area contributed by atoms with Gasteiger partial charge in [0, 0.05) is 0 Å². The van der Waals surface area contributed by atoms with Gasteiger partial charge in [-0.25, -0.2) is 0 Å². The van der Waals surface area contributed by atoms with Crippen molar-refractivity contribution in [1.82, 2.24) is 0 Å². The lowest BCUT2D eigenvalue weighted by atomic mass is 10.1. The maximum absolute atomic E-state index is 12.2. The van der Waals surface area contributed by atoms with Gasteiger partial charge >= 0.3 is 0 Å². The highest BCUT2D eigenvalue weighted by Crippen LogP contribution is 2.38. The Labute approximate surface area is 202 Å². The van der Waals surface area contributed by atoms with Gasteiger partial charge in [0.25, 0.3) is 7.82 Å². The van der Waals surface area contributed by atoms with Crippen molar-refractivity contribution < 1.29 is 32.5 Å². The summed E-state index contributed by atoms with van der Waals surface area (Å²) in [6, 6.07) is 23.8. The summed E-state index contributed by atoms with van der Waals surface area (Å²) < 4.78 is 34.9. The van der Waals surface area contributed by atoms with Crippen LogP contribution in [0.1, 0.15) is 11.1 Å². The second-order valence-corrected chi connectivity index (χ2v) is 10.6. The Morgan fingerprint density at radius 3 is 2.32 bits per heavy atom. The van der Waals surface area contributed by atoms with E-state index < -0.39 is 13.9 Å². The van der Waals surface area contributed by atoms with Gasteiger partial charge in [0.1, 0.15) is 19.3 Å². The van der Waals surface area contributed by atoms with Gasteiger partial charge in [0.05, 0.1) is 47.6 Å². The Balaban J connectivity index is 1.59. The van der Waals surface area contributed by atoms with E-state index in [4.69, 9.17) is 18.5 Å². The lowest BCUT2D eigenvalue weighted by Gasteiger charge is -2.28. The average molecular weight is 488 g/mol. The number of quaternary nitrogens is 1. The number of rotatable bonds is 14. The first-order valence-electron chi connectivity index (χ1n) is 11.3. The molecule has 2 unspecified atom stereocenters. The highest BCUT2D eigenvalue weighted by atomic mass is 31.2. The summed E-state index contributed by atoms with van der Waals surface area (Å²) in [5.74, 6) is 0. The van der Waals surface area contributed by atoms with E-state index in [0.717, 1.165) is 21.9 Å². The highest BCUT2D eigenvalue weighted by molar-refractivity contribution is 7.45. The van der Waals surface area contributed by atoms with Crippen molar-refractivity contribution in [1.29, 1.82) is 0 Å². The molecule has 0 saturated heterocycles. The lowest BCUT2D eigenvalue weighted by Crippen LogP contribution is -2.37. The van der Waals surface area contributed by atoms with Crippen molar-refractivity contribution in [2.24, 2.45) is 0 Å². The van der Waals surface area contributed by atoms with Gasteiger partial charge in [-0.1, -0.05) is 72.8 Å². The topological polar surface area (TPSA) is 77.1 Å². The zero-order valence-electron chi connectivity index (χ0n) is 20.1. The van der Waals surface area contributed by atoms with Crippen LogP contribution in [-0.4, -0.2) is 58.1 Å². The first-order valence-corrected chi connectivity index (χ1v) is 12.8. The van der Waals surface area contributed by atoms with Gasteiger partial charge in [0.15, 0.2) is 0 Å². The van der Waals surface area contributed by atoms with Crippen LogP contribution in [-0.2, 0) is 36.3 Å². The molecule has 3 rings (SSSR count). The molecule has 0 saturated carbocycles. The number of nitrogens with zero attached hydrogens (tertiary/aromatic N) is 1. The molecule has 0 spiro atoms. The Hall–Kier alpha value is -2.09. The molecule has 0 aromatic heterocycles. The molecule has 0 fully saturated rings. The summed E-state index contributed by atoms with van der Waals surface area (Å²) in [7, 11) is 1.43. The number of likely N-dealkylation sites (N-methyl/N-ethyl adjacent to an activating group) is 1. The number of phosphoric ester groups is 1. The zero-order valence-corrected chi connectivity index (χ0v) is 21.0. The Morgan fingerprint density at radius 1 is 0.853 bits per heavy atom. The van der Waals surface area contributed by atoms with Crippen LogP contribution in [0.3, 0.4) is 0 Å². The number of hydrogen-bond acceptors (Lipinski definition) is 6. The molecule has 0 radical (unpaired) electrons. The predicted octanol–water partition coefficient (Wildman–Crippen LogP) is 4.15. The van der Waals surface area contributed by atoms with Crippen LogP contribution in [0.4, 0.5) is 0 Å². The van der Waals surface area contributed by atoms with Gasteiger partial charge in [-0.3, -0.25) is 4.57 Å². The van der Waals surface area contributed by atoms with Crippen LogP contribution in [0, 0.1) is 0 Å². The molecule has 7 nitrogen and oxygen atoms in total. The fourth-order valence-corrected chi connectivity index (χ4v) is 4.02. The molecule has 0 aliphatic heterocycles. The minimum absolute atomic E-state index is 0.0519. The van der Waals surface area contributed by atoms with Crippen molar-refractivity contribution >= 4 is 18.6 Å². The van der Waals surface area contributed by atoms with E-state index in [1.165, 1.54) is 0 Å². The number of ether oxygens (including phenoxy) is 2. The fraction of sp³-hybridized carbons (Fsp3) is 0.385. The third-order valence-corrected chi connectivity index (χ3v) is 6.16. The van der Waals surface area contributed by atoms with Crippen molar-refractivity contribution in [3.8, 4) is 0 Å². The summed E-state index contributed by atoms with van der Waals surface area (Å²) >= 11 is 0. The SMILES string of the molecule is C[N+](C)(C)CCOP(=O)([O-])OCC(COCc1ccccc1)OCc1cccc2ccccc12. The Bertz CT molecular complexity index is 1060. The quantitative estimate of drug-likeness (QED) is 0.251. The van der Waals surface area contributed by atoms with Crippen molar-refractivity contribution in [3.05, 3.63) is 83.9 Å². The van der Waals surface area contributed by atoms with Gasteiger partial charge in [-0.15, -0.1) is 0 Å². The van der Waals surface area contributed by atoms with E-state index in [1.54, 1.807) is 0 Å². The molecular formula is C26H34NO6P. The van der Waals surface area contributed by atoms with Gasteiger partial charge in [-0.05, 0) is 21.9 Å². The summed E-state index contributed by atoms with van der Waals surface area (Å²) in [5, 5.41) is 2.21. The standard InChI is InChI=1S/C26H34NO6P/c1-27(2,3)16-17-32-34(28,29)33-21-25(20-30-18-22-10-5-4-6-11-22)31-19-24-14-9-13-23-12-7-8-15-26(23)24/h4-15,25H,16-21H2,1-3H3. The normalized spacial score (nSPS) is 14.7. The van der Waals surface area contributed by atoms with Crippen LogP contribution in [0.5, 0.6) is 0 Å². The van der Waals surface area contributed by atoms with Crippen LogP contribution < -0.4 is 4.89 Å². The molecule has 0 N–H and O–H groups in total. The van der Waals surface area contributed by atoms with Crippen LogP contribution >= 0.6 is 7.82 Å². The number of phosphoric acid groups is 1. The monoisotopic (exact) mass is 487 g/mol. The molecule has 34 heavy (non-hydrogen) atoms. The molecule has 0 aliphatic carbocycles. The molecule has 184 valence electrons. The molecule has 0 aliphatic rings. The minimum Gasteiger partial charge on any atom is -0.756 e. The smallest absolute Gasteiger partial charge is 0.268 e. The molecule has 3 aromatic carbocycles. The predicted molar refractivity (Wildman–Crippen MR) is 131 cm³/mol. The van der Waals surface area contributed by atoms with Gasteiger partial charge < -0.3 is 27.9 Å². The third-order valence-electron chi connectivity index (χ3n) is 5.20. The molecule has 2 atom stereocenters. The molecule has 8 heteroatoms. The maximum Gasteiger partial charge on any atom is 0.268 e. The number of hydrogen-bond donors (Lipinski definition) is 0. The van der Waals surface area contributed by atoms with Gasteiger partial charge in [0.2, 0.25) is 0 Å². The molecular weight excluding hydrogens is 453 g/mol. The van der Waals surface area contributed by atoms with Crippen molar-refractivity contribution in [3.63, 3.8) is 0 Å². The van der Waals surface area contributed by atoms with Crippen molar-refractivity contribution in [2.75, 3.05) is 47.5 Å². The van der Waals surface area contributed by atoms with E-state index in [2.05, 4.69) is 0 Å². The first-order chi connectivity index (χ1) is 16.2. The number of fused-ring (bicyclic) bond motifs is 1. The second kappa shape index (κ2) is 12.6. The molecule has 3 aromatic rings. The molecule has 0 heterocycles.